The minimum absolute atomic E-state index is 0.0840. The average Bonchev–Trinajstić information content (AvgIpc) is 3.46. The third-order valence-corrected chi connectivity index (χ3v) is 9.76. The zero-order valence-corrected chi connectivity index (χ0v) is 27.9. The second kappa shape index (κ2) is 17.3. The first-order valence-electron chi connectivity index (χ1n) is 17.4. The predicted molar refractivity (Wildman–Crippen MR) is 173 cm³/mol. The number of para-hydroxylation sites is 1. The largest absolute Gasteiger partial charge is 0.522 e. The Morgan fingerprint density at radius 2 is 1.44 bits per heavy atom. The molecule has 4 amide bonds. The van der Waals surface area contributed by atoms with Gasteiger partial charge < -0.3 is 21.3 Å². The number of ether oxygens (including phenoxy) is 1. The zero-order chi connectivity index (χ0) is 34.8. The van der Waals surface area contributed by atoms with Gasteiger partial charge >= 0.3 is 18.2 Å². The lowest BCUT2D eigenvalue weighted by molar-refractivity contribution is -0.321. The Balaban J connectivity index is 1.51. The van der Waals surface area contributed by atoms with Crippen LogP contribution in [0.3, 0.4) is 0 Å². The van der Waals surface area contributed by atoms with Crippen LogP contribution in [0.15, 0.2) is 18.2 Å². The number of carbonyl (C=O) groups excluding carboxylic acids is 5. The Labute approximate surface area is 280 Å². The van der Waals surface area contributed by atoms with Crippen molar-refractivity contribution in [1.82, 2.24) is 16.0 Å². The van der Waals surface area contributed by atoms with Gasteiger partial charge in [-0.25, -0.2) is 0 Å². The molecule has 4 N–H and O–H groups in total. The van der Waals surface area contributed by atoms with E-state index in [1.807, 2.05) is 18.2 Å². The second-order valence-corrected chi connectivity index (χ2v) is 13.9. The molecule has 0 aromatic heterocycles. The standard InChI is InChI=1S/C35H49F3N4O6/c1-21(2)18-28(32(45)40-27(19-24-16-17-39-31(24)44)29(43)20-48-35(36,37)38)41-33(46)34(47)42-30-25(22-10-5-3-6-11-22)14-9-15-26(30)23-12-7-4-8-13-23/h9,14-15,21-24,27-28H,3-8,10-13,16-20H2,1-2H3,(H,39,44)(H,40,45)(H,41,46)(H,42,47)/t24-,27-,28-/m0/s1. The first-order valence-corrected chi connectivity index (χ1v) is 17.4. The highest BCUT2D eigenvalue weighted by Crippen LogP contribution is 2.43. The Morgan fingerprint density at radius 3 is 1.94 bits per heavy atom. The van der Waals surface area contributed by atoms with Gasteiger partial charge in [-0.15, -0.1) is 13.2 Å². The summed E-state index contributed by atoms with van der Waals surface area (Å²) in [4.78, 5) is 65.4. The van der Waals surface area contributed by atoms with E-state index in [-0.39, 0.29) is 36.5 Å². The van der Waals surface area contributed by atoms with E-state index in [4.69, 9.17) is 0 Å². The van der Waals surface area contributed by atoms with Crippen molar-refractivity contribution in [3.05, 3.63) is 29.3 Å². The summed E-state index contributed by atoms with van der Waals surface area (Å²) in [5, 5.41) is 10.5. The molecule has 13 heteroatoms. The highest BCUT2D eigenvalue weighted by molar-refractivity contribution is 6.40. The van der Waals surface area contributed by atoms with Crippen molar-refractivity contribution in [3.8, 4) is 0 Å². The molecule has 0 spiro atoms. The molecule has 3 fully saturated rings. The molecule has 2 saturated carbocycles. The van der Waals surface area contributed by atoms with Crippen LogP contribution >= 0.6 is 0 Å². The highest BCUT2D eigenvalue weighted by atomic mass is 19.4. The van der Waals surface area contributed by atoms with Gasteiger partial charge in [0.15, 0.2) is 5.78 Å². The molecule has 4 rings (SSSR count). The van der Waals surface area contributed by atoms with Crippen molar-refractivity contribution in [3.63, 3.8) is 0 Å². The molecule has 10 nitrogen and oxygen atoms in total. The van der Waals surface area contributed by atoms with Crippen LogP contribution in [0.1, 0.15) is 120 Å². The fourth-order valence-corrected chi connectivity index (χ4v) is 7.29. The van der Waals surface area contributed by atoms with Crippen molar-refractivity contribution in [2.24, 2.45) is 11.8 Å². The minimum Gasteiger partial charge on any atom is -0.356 e. The number of carbonyl (C=O) groups is 5. The maximum Gasteiger partial charge on any atom is 0.522 e. The summed E-state index contributed by atoms with van der Waals surface area (Å²) >= 11 is 0. The maximum atomic E-state index is 13.5. The minimum atomic E-state index is -5.07. The zero-order valence-electron chi connectivity index (χ0n) is 27.9. The van der Waals surface area contributed by atoms with E-state index in [2.05, 4.69) is 26.0 Å². The van der Waals surface area contributed by atoms with Crippen LogP contribution in [0.2, 0.25) is 0 Å². The number of alkyl halides is 3. The van der Waals surface area contributed by atoms with Gasteiger partial charge in [0.05, 0.1) is 6.04 Å². The summed E-state index contributed by atoms with van der Waals surface area (Å²) in [7, 11) is 0. The Morgan fingerprint density at radius 1 is 0.854 bits per heavy atom. The van der Waals surface area contributed by atoms with Gasteiger partial charge in [-0.05, 0) is 73.8 Å². The number of rotatable bonds is 13. The van der Waals surface area contributed by atoms with E-state index < -0.39 is 54.5 Å². The highest BCUT2D eigenvalue weighted by Gasteiger charge is 2.37. The summed E-state index contributed by atoms with van der Waals surface area (Å²) in [5.74, 6) is -4.57. The van der Waals surface area contributed by atoms with E-state index in [9.17, 15) is 37.1 Å². The van der Waals surface area contributed by atoms with E-state index in [1.54, 1.807) is 13.8 Å². The van der Waals surface area contributed by atoms with Gasteiger partial charge in [-0.3, -0.25) is 28.7 Å². The van der Waals surface area contributed by atoms with E-state index in [0.29, 0.717) is 18.7 Å². The third kappa shape index (κ3) is 10.8. The lowest BCUT2D eigenvalue weighted by Crippen LogP contribution is -2.54. The fourth-order valence-electron chi connectivity index (χ4n) is 7.29. The van der Waals surface area contributed by atoms with Gasteiger partial charge in [-0.1, -0.05) is 70.6 Å². The number of hydrogen-bond donors (Lipinski definition) is 4. The smallest absolute Gasteiger partial charge is 0.356 e. The molecule has 1 aromatic rings. The first kappa shape index (κ1) is 37.3. The topological polar surface area (TPSA) is 143 Å². The normalized spacial score (nSPS) is 20.5. The Bertz CT molecular complexity index is 1270. The average molecular weight is 679 g/mol. The molecule has 1 aromatic carbocycles. The van der Waals surface area contributed by atoms with Gasteiger partial charge in [0, 0.05) is 18.2 Å². The number of benzene rings is 1. The SMILES string of the molecule is CC(C)C[C@H](NC(=O)C(=O)Nc1c(C2CCCCC2)cccc1C1CCCCC1)C(=O)N[C@@H](C[C@@H]1CCNC1=O)C(=O)COC(F)(F)F. The molecule has 1 saturated heterocycles. The molecular formula is C35H49F3N4O6. The van der Waals surface area contributed by atoms with Crippen LogP contribution in [-0.4, -0.2) is 61.0 Å². The van der Waals surface area contributed by atoms with Gasteiger partial charge in [-0.2, -0.15) is 0 Å². The predicted octanol–water partition coefficient (Wildman–Crippen LogP) is 5.37. The molecule has 0 unspecified atom stereocenters. The molecule has 0 radical (unpaired) electrons. The molecule has 266 valence electrons. The van der Waals surface area contributed by atoms with Crippen molar-refractivity contribution in [1.29, 1.82) is 0 Å². The molecule has 1 heterocycles. The van der Waals surface area contributed by atoms with Gasteiger partial charge in [0.1, 0.15) is 12.6 Å². The van der Waals surface area contributed by atoms with Gasteiger partial charge in [0.25, 0.3) is 0 Å². The van der Waals surface area contributed by atoms with Crippen LogP contribution in [0.4, 0.5) is 18.9 Å². The van der Waals surface area contributed by atoms with Crippen LogP contribution in [0, 0.1) is 11.8 Å². The van der Waals surface area contributed by atoms with Crippen LogP contribution in [-0.2, 0) is 28.7 Å². The third-order valence-electron chi connectivity index (χ3n) is 9.76. The van der Waals surface area contributed by atoms with Crippen molar-refractivity contribution < 1.29 is 41.9 Å². The summed E-state index contributed by atoms with van der Waals surface area (Å²) in [5.41, 5.74) is 2.72. The van der Waals surface area contributed by atoms with Crippen LogP contribution in [0.25, 0.3) is 0 Å². The van der Waals surface area contributed by atoms with Crippen molar-refractivity contribution in [2.45, 2.75) is 128 Å². The fraction of sp³-hybridized carbons (Fsp3) is 0.686. The Kier molecular flexibility index (Phi) is 13.4. The molecule has 48 heavy (non-hydrogen) atoms. The molecule has 1 aliphatic heterocycles. The summed E-state index contributed by atoms with van der Waals surface area (Å²) in [6, 6.07) is 3.32. The summed E-state index contributed by atoms with van der Waals surface area (Å²) < 4.78 is 41.8. The van der Waals surface area contributed by atoms with E-state index >= 15 is 0 Å². The van der Waals surface area contributed by atoms with E-state index in [1.165, 1.54) is 0 Å². The number of nitrogens with one attached hydrogen (secondary N) is 4. The number of Topliss-reactive ketones (excluding diaryl/α,β-unsaturated/α-hetero) is 1. The quantitative estimate of drug-likeness (QED) is 0.207. The number of ketones is 1. The number of anilines is 1. The van der Waals surface area contributed by atoms with Crippen LogP contribution in [0.5, 0.6) is 0 Å². The molecule has 3 aliphatic rings. The molecule has 3 atom stereocenters. The lowest BCUT2D eigenvalue weighted by atomic mass is 9.78. The second-order valence-electron chi connectivity index (χ2n) is 13.9. The number of hydrogen-bond acceptors (Lipinski definition) is 6. The lowest BCUT2D eigenvalue weighted by Gasteiger charge is -2.30. The number of halogens is 3. The molecule has 2 aliphatic carbocycles. The Hall–Kier alpha value is -3.48. The maximum absolute atomic E-state index is 13.5. The van der Waals surface area contributed by atoms with Crippen molar-refractivity contribution >= 4 is 35.1 Å². The van der Waals surface area contributed by atoms with Crippen LogP contribution < -0.4 is 21.3 Å². The monoisotopic (exact) mass is 678 g/mol. The van der Waals surface area contributed by atoms with E-state index in [0.717, 1.165) is 75.3 Å². The molecule has 0 bridgehead atoms. The first-order chi connectivity index (χ1) is 22.8. The number of amides is 4. The summed E-state index contributed by atoms with van der Waals surface area (Å²) in [6.07, 6.45) is 5.81. The van der Waals surface area contributed by atoms with Gasteiger partial charge in [0.2, 0.25) is 11.8 Å². The molecular weight excluding hydrogens is 629 g/mol. The summed E-state index contributed by atoms with van der Waals surface area (Å²) in [6.45, 7) is 2.58. The van der Waals surface area contributed by atoms with Crippen molar-refractivity contribution in [2.75, 3.05) is 18.5 Å².